The Morgan fingerprint density at radius 3 is 2.29 bits per heavy atom. The lowest BCUT2D eigenvalue weighted by molar-refractivity contribution is 0.213. The predicted molar refractivity (Wildman–Crippen MR) is 157 cm³/mol. The van der Waals surface area contributed by atoms with Gasteiger partial charge in [-0.3, -0.25) is 4.57 Å². The molecule has 42 heavy (non-hydrogen) atoms. The summed E-state index contributed by atoms with van der Waals surface area (Å²) < 4.78 is 79.7. The van der Waals surface area contributed by atoms with Crippen LogP contribution in [0.4, 0.5) is 31.9 Å². The molecule has 0 atom stereocenters. The summed E-state index contributed by atoms with van der Waals surface area (Å²) in [5.74, 6) is -1.39. The van der Waals surface area contributed by atoms with Crippen molar-refractivity contribution in [3.63, 3.8) is 0 Å². The van der Waals surface area contributed by atoms with Crippen LogP contribution in [0, 0.1) is 11.6 Å². The molecule has 2 heterocycles. The quantitative estimate of drug-likeness (QED) is 0.204. The van der Waals surface area contributed by atoms with E-state index in [-0.39, 0.29) is 42.8 Å². The van der Waals surface area contributed by atoms with Crippen LogP contribution in [0.15, 0.2) is 59.6 Å². The molecule has 1 saturated heterocycles. The zero-order chi connectivity index (χ0) is 30.2. The summed E-state index contributed by atoms with van der Waals surface area (Å²) >= 11 is 0. The average molecular weight is 625 g/mol. The Labute approximate surface area is 244 Å². The van der Waals surface area contributed by atoms with Crippen molar-refractivity contribution < 1.29 is 30.8 Å². The molecule has 0 radical (unpaired) electrons. The number of rotatable bonds is 14. The van der Waals surface area contributed by atoms with Crippen LogP contribution >= 0.6 is 7.60 Å². The first-order valence-electron chi connectivity index (χ1n) is 13.7. The molecule has 0 saturated carbocycles. The molecule has 3 N–H and O–H groups in total. The van der Waals surface area contributed by atoms with Gasteiger partial charge in [-0.1, -0.05) is 0 Å². The zero-order valence-electron chi connectivity index (χ0n) is 23.4. The van der Waals surface area contributed by atoms with Crippen LogP contribution in [0.3, 0.4) is 0 Å². The van der Waals surface area contributed by atoms with E-state index in [4.69, 9.17) is 9.05 Å². The van der Waals surface area contributed by atoms with Crippen molar-refractivity contribution in [3.8, 4) is 0 Å². The summed E-state index contributed by atoms with van der Waals surface area (Å²) in [6.45, 7) is 5.17. The van der Waals surface area contributed by atoms with Crippen LogP contribution in [-0.4, -0.2) is 67.7 Å². The van der Waals surface area contributed by atoms with Gasteiger partial charge in [-0.05, 0) is 82.2 Å². The number of nitrogens with zero attached hydrogens (tertiary/aromatic N) is 3. The van der Waals surface area contributed by atoms with E-state index < -0.39 is 29.3 Å². The van der Waals surface area contributed by atoms with Crippen molar-refractivity contribution in [1.29, 1.82) is 0 Å². The Balaban J connectivity index is 1.49. The van der Waals surface area contributed by atoms with E-state index in [2.05, 4.69) is 25.9 Å². The molecule has 0 unspecified atom stereocenters. The Morgan fingerprint density at radius 2 is 1.64 bits per heavy atom. The molecule has 1 fully saturated rings. The van der Waals surface area contributed by atoms with Crippen LogP contribution in [0.25, 0.3) is 0 Å². The molecule has 1 aromatic heterocycles. The van der Waals surface area contributed by atoms with Crippen LogP contribution in [-0.2, 0) is 23.6 Å². The smallest absolute Gasteiger partial charge is 0.331 e. The molecule has 228 valence electrons. The molecular formula is C27H35F2N6O5PS. The highest BCUT2D eigenvalue weighted by Gasteiger charge is 2.35. The summed E-state index contributed by atoms with van der Waals surface area (Å²) in [6.07, 6.45) is 2.68. The van der Waals surface area contributed by atoms with Crippen molar-refractivity contribution >= 4 is 40.8 Å². The number of hydrogen-bond donors (Lipinski definition) is 3. The van der Waals surface area contributed by atoms with Gasteiger partial charge in [-0.25, -0.2) is 22.2 Å². The maximum Gasteiger partial charge on any atom is 0.331 e. The number of benzene rings is 2. The highest BCUT2D eigenvalue weighted by molar-refractivity contribution is 7.89. The van der Waals surface area contributed by atoms with E-state index in [0.29, 0.717) is 43.1 Å². The van der Waals surface area contributed by atoms with Gasteiger partial charge in [0.05, 0.1) is 24.3 Å². The van der Waals surface area contributed by atoms with Gasteiger partial charge in [-0.15, -0.1) is 0 Å². The standard InChI is InChI=1S/C27H35F2N6O5PS/c1-3-39-41(36,40-4-2)18-17-35(22-11-14-30-15-12-22)42(37,38)23-8-5-20(6-9-23)33-27-31-16-13-26(34-27)32-21-7-10-24(28)25(29)19-21/h5-10,13,16,19,22,30H,3-4,11-12,14-15,17-18H2,1-2H3,(H2,31,32,33,34). The highest BCUT2D eigenvalue weighted by Crippen LogP contribution is 2.48. The van der Waals surface area contributed by atoms with Gasteiger partial charge < -0.3 is 25.0 Å². The summed E-state index contributed by atoms with van der Waals surface area (Å²) in [7, 11) is -7.39. The fourth-order valence-corrected chi connectivity index (χ4v) is 7.96. The molecular weight excluding hydrogens is 589 g/mol. The summed E-state index contributed by atoms with van der Waals surface area (Å²) in [6, 6.07) is 10.9. The Morgan fingerprint density at radius 1 is 0.976 bits per heavy atom. The van der Waals surface area contributed by atoms with Gasteiger partial charge in [0, 0.05) is 36.2 Å². The molecule has 1 aliphatic heterocycles. The maximum absolute atomic E-state index is 13.8. The Hall–Kier alpha value is -3.00. The summed E-state index contributed by atoms with van der Waals surface area (Å²) in [4.78, 5) is 8.58. The second-order valence-electron chi connectivity index (χ2n) is 9.44. The minimum Gasteiger partial charge on any atom is -0.340 e. The predicted octanol–water partition coefficient (Wildman–Crippen LogP) is 5.25. The van der Waals surface area contributed by atoms with E-state index in [0.717, 1.165) is 12.1 Å². The van der Waals surface area contributed by atoms with Crippen molar-refractivity contribution in [2.24, 2.45) is 0 Å². The summed E-state index contributed by atoms with van der Waals surface area (Å²) in [5, 5.41) is 9.14. The lowest BCUT2D eigenvalue weighted by Gasteiger charge is -2.34. The first-order valence-corrected chi connectivity index (χ1v) is 16.8. The minimum absolute atomic E-state index is 0.00410. The van der Waals surface area contributed by atoms with E-state index in [1.807, 2.05) is 0 Å². The SMILES string of the molecule is CCOP(=O)(CCN(C1CCNCC1)S(=O)(=O)c1ccc(Nc2nccc(Nc3ccc(F)c(F)c3)n2)cc1)OCC. The van der Waals surface area contributed by atoms with Crippen LogP contribution in [0.1, 0.15) is 26.7 Å². The molecule has 15 heteroatoms. The number of anilines is 4. The number of piperidine rings is 1. The third kappa shape index (κ3) is 8.30. The number of aromatic nitrogens is 2. The molecule has 1 aliphatic rings. The first-order chi connectivity index (χ1) is 20.1. The number of halogens is 2. The molecule has 2 aromatic carbocycles. The average Bonchev–Trinajstić information content (AvgIpc) is 2.96. The Kier molecular flexibility index (Phi) is 11.0. The van der Waals surface area contributed by atoms with E-state index in [1.54, 1.807) is 32.0 Å². The normalized spacial score (nSPS) is 14.7. The van der Waals surface area contributed by atoms with Crippen molar-refractivity contribution in [2.75, 3.05) is 49.6 Å². The molecule has 0 aliphatic carbocycles. The monoisotopic (exact) mass is 624 g/mol. The highest BCUT2D eigenvalue weighted by atomic mass is 32.2. The first kappa shape index (κ1) is 31.9. The number of hydrogen-bond acceptors (Lipinski definition) is 10. The third-order valence-electron chi connectivity index (χ3n) is 6.53. The van der Waals surface area contributed by atoms with E-state index in [9.17, 15) is 21.8 Å². The minimum atomic E-state index is -3.94. The lowest BCUT2D eigenvalue weighted by Crippen LogP contribution is -2.47. The summed E-state index contributed by atoms with van der Waals surface area (Å²) in [5.41, 5.74) is 0.842. The second-order valence-corrected chi connectivity index (χ2v) is 13.5. The molecule has 0 spiro atoms. The van der Waals surface area contributed by atoms with E-state index >= 15 is 0 Å². The molecule has 0 amide bonds. The van der Waals surface area contributed by atoms with Gasteiger partial charge in [0.25, 0.3) is 0 Å². The molecule has 4 rings (SSSR count). The number of sulfonamides is 1. The van der Waals surface area contributed by atoms with Gasteiger partial charge in [0.2, 0.25) is 16.0 Å². The zero-order valence-corrected chi connectivity index (χ0v) is 25.1. The molecule has 11 nitrogen and oxygen atoms in total. The fourth-order valence-electron chi connectivity index (χ4n) is 4.56. The van der Waals surface area contributed by atoms with Gasteiger partial charge in [-0.2, -0.15) is 9.29 Å². The molecule has 0 bridgehead atoms. The lowest BCUT2D eigenvalue weighted by atomic mass is 10.1. The van der Waals surface area contributed by atoms with Crippen LogP contribution in [0.2, 0.25) is 0 Å². The van der Waals surface area contributed by atoms with Gasteiger partial charge >= 0.3 is 7.60 Å². The van der Waals surface area contributed by atoms with Crippen molar-refractivity contribution in [1.82, 2.24) is 19.6 Å². The Bertz CT molecular complexity index is 1480. The van der Waals surface area contributed by atoms with Gasteiger partial charge in [0.1, 0.15) is 5.82 Å². The van der Waals surface area contributed by atoms with Crippen molar-refractivity contribution in [3.05, 3.63) is 66.4 Å². The van der Waals surface area contributed by atoms with Crippen molar-refractivity contribution in [2.45, 2.75) is 37.6 Å². The van der Waals surface area contributed by atoms with Crippen LogP contribution in [0.5, 0.6) is 0 Å². The largest absolute Gasteiger partial charge is 0.340 e. The topological polar surface area (TPSA) is 135 Å². The second kappa shape index (κ2) is 14.5. The van der Waals surface area contributed by atoms with E-state index in [1.165, 1.54) is 28.7 Å². The maximum atomic E-state index is 13.8. The number of nitrogens with one attached hydrogen (secondary N) is 3. The van der Waals surface area contributed by atoms with Crippen LogP contribution < -0.4 is 16.0 Å². The fraction of sp³-hybridized carbons (Fsp3) is 0.407. The molecule has 3 aromatic rings. The third-order valence-corrected chi connectivity index (χ3v) is 10.5. The van der Waals surface area contributed by atoms with Gasteiger partial charge in [0.15, 0.2) is 11.6 Å².